The fourth-order valence-corrected chi connectivity index (χ4v) is 3.12. The first kappa shape index (κ1) is 14.9. The first-order valence-electron chi connectivity index (χ1n) is 12.7. The van der Waals surface area contributed by atoms with Crippen LogP contribution in [0.15, 0.2) is 36.7 Å². The highest BCUT2D eigenvalue weighted by atomic mass is 19.1. The minimum absolute atomic E-state index is 0.0707. The second kappa shape index (κ2) is 9.89. The van der Waals surface area contributed by atoms with Crippen molar-refractivity contribution in [3.8, 4) is 11.5 Å². The molecule has 2 heterocycles. The molecule has 2 aromatic carbocycles. The molecule has 1 aliphatic heterocycles. The molecule has 0 saturated carbocycles. The SMILES string of the molecule is [2H]C([2H])(Oc1cc2c(Nc3ccc(F)c(C)c3)ncnc2cc1OC)C([2H])([2H])C([2H])([2H])N1CCOCC1. The van der Waals surface area contributed by atoms with Crippen molar-refractivity contribution in [2.75, 3.05) is 51.8 Å². The third kappa shape index (κ3) is 5.21. The van der Waals surface area contributed by atoms with Crippen LogP contribution in [0.25, 0.3) is 10.9 Å². The van der Waals surface area contributed by atoms with Crippen molar-refractivity contribution >= 4 is 22.4 Å². The monoisotopic (exact) mass is 432 g/mol. The Hall–Kier alpha value is -2.97. The summed E-state index contributed by atoms with van der Waals surface area (Å²) in [4.78, 5) is 9.66. The molecule has 0 radical (unpaired) electrons. The number of nitrogens with one attached hydrogen (secondary N) is 1. The molecular weight excluding hydrogens is 399 g/mol. The minimum Gasteiger partial charge on any atom is -0.493 e. The van der Waals surface area contributed by atoms with E-state index in [1.54, 1.807) is 13.0 Å². The van der Waals surface area contributed by atoms with Gasteiger partial charge in [0.05, 0.1) is 35.1 Å². The van der Waals surface area contributed by atoms with Gasteiger partial charge in [-0.2, -0.15) is 0 Å². The molecule has 1 aliphatic rings. The lowest BCUT2D eigenvalue weighted by Gasteiger charge is -2.26. The van der Waals surface area contributed by atoms with E-state index in [4.69, 9.17) is 22.4 Å². The molecule has 31 heavy (non-hydrogen) atoms. The smallest absolute Gasteiger partial charge is 0.162 e. The van der Waals surface area contributed by atoms with Crippen molar-refractivity contribution in [1.29, 1.82) is 0 Å². The lowest BCUT2D eigenvalue weighted by Crippen LogP contribution is -2.37. The maximum absolute atomic E-state index is 13.7. The van der Waals surface area contributed by atoms with Crippen LogP contribution in [0.3, 0.4) is 0 Å². The first-order valence-corrected chi connectivity index (χ1v) is 9.75. The van der Waals surface area contributed by atoms with E-state index in [0.29, 0.717) is 28.0 Å². The lowest BCUT2D eigenvalue weighted by molar-refractivity contribution is 0.0357. The van der Waals surface area contributed by atoms with E-state index < -0.39 is 19.4 Å². The van der Waals surface area contributed by atoms with Crippen molar-refractivity contribution in [3.05, 3.63) is 48.0 Å². The van der Waals surface area contributed by atoms with Gasteiger partial charge in [-0.05, 0) is 43.1 Å². The van der Waals surface area contributed by atoms with Crippen LogP contribution < -0.4 is 14.8 Å². The number of hydrogen-bond donors (Lipinski definition) is 1. The van der Waals surface area contributed by atoms with Crippen LogP contribution in [0, 0.1) is 12.7 Å². The second-order valence-electron chi connectivity index (χ2n) is 6.87. The highest BCUT2D eigenvalue weighted by molar-refractivity contribution is 5.93. The van der Waals surface area contributed by atoms with E-state index in [9.17, 15) is 4.39 Å². The topological polar surface area (TPSA) is 68.7 Å². The number of halogens is 1. The van der Waals surface area contributed by atoms with Gasteiger partial charge in [0, 0.05) is 42.2 Å². The molecule has 3 aromatic rings. The van der Waals surface area contributed by atoms with Gasteiger partial charge >= 0.3 is 0 Å². The van der Waals surface area contributed by atoms with E-state index in [1.165, 1.54) is 42.6 Å². The van der Waals surface area contributed by atoms with E-state index in [2.05, 4.69) is 15.3 Å². The van der Waals surface area contributed by atoms with Crippen molar-refractivity contribution in [2.45, 2.75) is 13.3 Å². The van der Waals surface area contributed by atoms with Crippen LogP contribution in [0.4, 0.5) is 15.9 Å². The van der Waals surface area contributed by atoms with Crippen LogP contribution in [-0.2, 0) is 4.74 Å². The van der Waals surface area contributed by atoms with Gasteiger partial charge in [-0.1, -0.05) is 0 Å². The Bertz CT molecular complexity index is 1290. The predicted octanol–water partition coefficient (Wildman–Crippen LogP) is 3.93. The third-order valence-electron chi connectivity index (χ3n) is 4.78. The number of ether oxygens (including phenoxy) is 3. The zero-order chi connectivity index (χ0) is 27.0. The Balaban J connectivity index is 1.71. The number of anilines is 2. The molecule has 7 nitrogen and oxygen atoms in total. The minimum atomic E-state index is -3.12. The Morgan fingerprint density at radius 2 is 2.03 bits per heavy atom. The largest absolute Gasteiger partial charge is 0.493 e. The van der Waals surface area contributed by atoms with Crippen LogP contribution in [0.1, 0.15) is 20.2 Å². The number of methoxy groups -OCH3 is 1. The summed E-state index contributed by atoms with van der Waals surface area (Å²) >= 11 is 0. The Morgan fingerprint density at radius 3 is 2.81 bits per heavy atom. The van der Waals surface area contributed by atoms with Gasteiger partial charge in [0.2, 0.25) is 0 Å². The van der Waals surface area contributed by atoms with Gasteiger partial charge in [-0.15, -0.1) is 0 Å². The van der Waals surface area contributed by atoms with Crippen LogP contribution >= 0.6 is 0 Å². The maximum Gasteiger partial charge on any atom is 0.162 e. The number of hydrogen-bond acceptors (Lipinski definition) is 7. The van der Waals surface area contributed by atoms with E-state index >= 15 is 0 Å². The summed E-state index contributed by atoms with van der Waals surface area (Å²) < 4.78 is 80.4. The average Bonchev–Trinajstić information content (AvgIpc) is 2.86. The fraction of sp³-hybridized carbons (Fsp3) is 0.391. The van der Waals surface area contributed by atoms with E-state index in [-0.39, 0.29) is 43.6 Å². The van der Waals surface area contributed by atoms with Gasteiger partial charge in [0.25, 0.3) is 0 Å². The summed E-state index contributed by atoms with van der Waals surface area (Å²) in [5.74, 6) is -0.140. The average molecular weight is 433 g/mol. The van der Waals surface area contributed by atoms with Gasteiger partial charge in [0.1, 0.15) is 18.0 Å². The normalized spacial score (nSPS) is 18.8. The van der Waals surface area contributed by atoms with Crippen molar-refractivity contribution in [2.24, 2.45) is 0 Å². The summed E-state index contributed by atoms with van der Waals surface area (Å²) in [6, 6.07) is 7.33. The van der Waals surface area contributed by atoms with Gasteiger partial charge < -0.3 is 19.5 Å². The number of aryl methyl sites for hydroxylation is 1. The summed E-state index contributed by atoms with van der Waals surface area (Å²) in [5.41, 5.74) is 1.41. The summed E-state index contributed by atoms with van der Waals surface area (Å²) in [6.07, 6.45) is -1.78. The van der Waals surface area contributed by atoms with Gasteiger partial charge in [-0.25, -0.2) is 14.4 Å². The van der Waals surface area contributed by atoms with Crippen LogP contribution in [-0.4, -0.2) is 61.3 Å². The number of benzene rings is 2. The van der Waals surface area contributed by atoms with E-state index in [1.807, 2.05) is 0 Å². The summed E-state index contributed by atoms with van der Waals surface area (Å²) in [7, 11) is 1.34. The standard InChI is InChI=1S/C23H27FN4O3/c1-16-12-17(4-5-19(16)24)27-23-18-13-22(21(29-2)14-20(18)25-15-26-23)31-9-3-6-28-7-10-30-11-8-28/h4-5,12-15H,3,6-11H2,1-2H3,(H,25,26,27)/i3D2,6D2,9D2. The molecule has 0 atom stereocenters. The van der Waals surface area contributed by atoms with Crippen molar-refractivity contribution in [3.63, 3.8) is 0 Å². The molecule has 1 N–H and O–H groups in total. The lowest BCUT2D eigenvalue weighted by atomic mass is 10.2. The molecule has 0 spiro atoms. The van der Waals surface area contributed by atoms with Crippen LogP contribution in [0.2, 0.25) is 0 Å². The Labute approximate surface area is 189 Å². The quantitative estimate of drug-likeness (QED) is 0.578. The van der Waals surface area contributed by atoms with Crippen molar-refractivity contribution in [1.82, 2.24) is 14.9 Å². The zero-order valence-corrected chi connectivity index (χ0v) is 17.2. The summed E-state index contributed by atoms with van der Waals surface area (Å²) in [6.45, 7) is -3.56. The molecule has 4 rings (SSSR count). The van der Waals surface area contributed by atoms with E-state index in [0.717, 1.165) is 0 Å². The Kier molecular flexibility index (Phi) is 4.77. The van der Waals surface area contributed by atoms with Crippen LogP contribution in [0.5, 0.6) is 11.5 Å². The van der Waals surface area contributed by atoms with Crippen molar-refractivity contribution < 1.29 is 26.8 Å². The predicted molar refractivity (Wildman–Crippen MR) is 118 cm³/mol. The molecule has 164 valence electrons. The first-order chi connectivity index (χ1) is 17.4. The molecule has 0 aliphatic carbocycles. The number of morpholine rings is 1. The molecule has 1 aromatic heterocycles. The molecular formula is C23H27FN4O3. The molecule has 1 saturated heterocycles. The number of rotatable bonds is 8. The number of aromatic nitrogens is 2. The molecule has 0 amide bonds. The zero-order valence-electron chi connectivity index (χ0n) is 23.2. The third-order valence-corrected chi connectivity index (χ3v) is 4.78. The number of nitrogens with zero attached hydrogens (tertiary/aromatic N) is 3. The highest BCUT2D eigenvalue weighted by Gasteiger charge is 2.13. The van der Waals surface area contributed by atoms with Gasteiger partial charge in [-0.3, -0.25) is 4.90 Å². The summed E-state index contributed by atoms with van der Waals surface area (Å²) in [5, 5.41) is 3.48. The van der Waals surface area contributed by atoms with Gasteiger partial charge in [0.15, 0.2) is 11.5 Å². The molecule has 8 heteroatoms. The molecule has 1 fully saturated rings. The molecule has 0 bridgehead atoms. The Morgan fingerprint density at radius 1 is 1.19 bits per heavy atom. The molecule has 0 unspecified atom stereocenters. The fourth-order valence-electron chi connectivity index (χ4n) is 3.12. The second-order valence-corrected chi connectivity index (χ2v) is 6.87. The number of fused-ring (bicyclic) bond motifs is 1. The highest BCUT2D eigenvalue weighted by Crippen LogP contribution is 2.35. The maximum atomic E-state index is 13.7.